The minimum atomic E-state index is 0.547. The van der Waals surface area contributed by atoms with Crippen LogP contribution >= 0.6 is 11.6 Å². The lowest BCUT2D eigenvalue weighted by Gasteiger charge is -2.08. The van der Waals surface area contributed by atoms with Crippen LogP contribution in [0.4, 0.5) is 0 Å². The molecule has 3 rings (SSSR count). The van der Waals surface area contributed by atoms with Crippen LogP contribution in [0, 0.1) is 6.92 Å². The molecule has 100 valence electrons. The van der Waals surface area contributed by atoms with E-state index in [1.54, 1.807) is 0 Å². The Balaban J connectivity index is 2.06. The van der Waals surface area contributed by atoms with E-state index >= 15 is 0 Å². The summed E-state index contributed by atoms with van der Waals surface area (Å²) in [5, 5.41) is 5.40. The van der Waals surface area contributed by atoms with Gasteiger partial charge in [0.15, 0.2) is 5.82 Å². The topological polar surface area (TPSA) is 56.7 Å². The maximum atomic E-state index is 6.01. The highest BCUT2D eigenvalue weighted by molar-refractivity contribution is 6.30. The molecule has 1 aromatic heterocycles. The average Bonchev–Trinajstić information content (AvgIpc) is 3.13. The third-order valence-electron chi connectivity index (χ3n) is 3.39. The zero-order valence-corrected chi connectivity index (χ0v) is 11.7. The van der Waals surface area contributed by atoms with Crippen LogP contribution in [0.1, 0.15) is 36.0 Å². The van der Waals surface area contributed by atoms with Gasteiger partial charge in [-0.25, -0.2) is 9.67 Å². The van der Waals surface area contributed by atoms with Crippen LogP contribution in [0.3, 0.4) is 0 Å². The number of nitrogens with zero attached hydrogens (tertiary/aromatic N) is 3. The Bertz CT molecular complexity index is 601. The van der Waals surface area contributed by atoms with Crippen molar-refractivity contribution in [2.24, 2.45) is 5.73 Å². The summed E-state index contributed by atoms with van der Waals surface area (Å²) in [5.74, 6) is 2.44. The summed E-state index contributed by atoms with van der Waals surface area (Å²) in [4.78, 5) is 4.64. The summed E-state index contributed by atoms with van der Waals surface area (Å²) in [6.45, 7) is 2.61. The maximum absolute atomic E-state index is 6.01. The molecule has 5 heteroatoms. The number of hydrogen-bond acceptors (Lipinski definition) is 3. The first-order valence-electron chi connectivity index (χ1n) is 6.61. The fourth-order valence-electron chi connectivity index (χ4n) is 2.22. The van der Waals surface area contributed by atoms with Gasteiger partial charge in [-0.1, -0.05) is 11.6 Å². The van der Waals surface area contributed by atoms with Gasteiger partial charge in [0.25, 0.3) is 0 Å². The maximum Gasteiger partial charge on any atom is 0.154 e. The minimum absolute atomic E-state index is 0.547. The van der Waals surface area contributed by atoms with Crippen molar-refractivity contribution in [2.75, 3.05) is 6.54 Å². The predicted molar refractivity (Wildman–Crippen MR) is 75.8 cm³/mol. The van der Waals surface area contributed by atoms with Gasteiger partial charge in [-0.15, -0.1) is 0 Å². The molecule has 1 fully saturated rings. The molecule has 1 aliphatic rings. The van der Waals surface area contributed by atoms with Crippen LogP contribution in [0.25, 0.3) is 5.69 Å². The first-order valence-corrected chi connectivity index (χ1v) is 6.99. The standard InChI is InChI=1S/C14H17ClN4/c1-9-8-11(15)4-5-12(9)19-13(6-7-16)17-14(18-19)10-2-3-10/h4-5,8,10H,2-3,6-7,16H2,1H3. The lowest BCUT2D eigenvalue weighted by molar-refractivity contribution is 0.766. The zero-order chi connectivity index (χ0) is 13.4. The quantitative estimate of drug-likeness (QED) is 0.934. The molecule has 0 aliphatic heterocycles. The molecule has 0 atom stereocenters. The lowest BCUT2D eigenvalue weighted by atomic mass is 10.2. The summed E-state index contributed by atoms with van der Waals surface area (Å²) in [6, 6.07) is 5.82. The van der Waals surface area contributed by atoms with E-state index in [4.69, 9.17) is 17.3 Å². The van der Waals surface area contributed by atoms with Gasteiger partial charge in [0.2, 0.25) is 0 Å². The first kappa shape index (κ1) is 12.6. The molecule has 0 bridgehead atoms. The SMILES string of the molecule is Cc1cc(Cl)ccc1-n1nc(C2CC2)nc1CCN. The molecule has 2 N–H and O–H groups in total. The smallest absolute Gasteiger partial charge is 0.154 e. The molecule has 0 spiro atoms. The monoisotopic (exact) mass is 276 g/mol. The van der Waals surface area contributed by atoms with Crippen molar-refractivity contribution in [1.82, 2.24) is 14.8 Å². The predicted octanol–water partition coefficient (Wildman–Crippen LogP) is 2.61. The number of aromatic nitrogens is 3. The Morgan fingerprint density at radius 1 is 1.42 bits per heavy atom. The second-order valence-corrected chi connectivity index (χ2v) is 5.48. The van der Waals surface area contributed by atoms with E-state index in [2.05, 4.69) is 10.1 Å². The Hall–Kier alpha value is -1.39. The highest BCUT2D eigenvalue weighted by Gasteiger charge is 2.29. The van der Waals surface area contributed by atoms with Gasteiger partial charge in [-0.2, -0.15) is 5.10 Å². The number of hydrogen-bond donors (Lipinski definition) is 1. The normalized spacial score (nSPS) is 14.9. The van der Waals surface area contributed by atoms with Crippen LogP contribution in [-0.4, -0.2) is 21.3 Å². The molecule has 4 nitrogen and oxygen atoms in total. The molecule has 0 radical (unpaired) electrons. The zero-order valence-electron chi connectivity index (χ0n) is 10.9. The molecule has 1 aromatic carbocycles. The number of nitrogens with two attached hydrogens (primary N) is 1. The van der Waals surface area contributed by atoms with E-state index in [9.17, 15) is 0 Å². The number of rotatable bonds is 4. The van der Waals surface area contributed by atoms with Crippen molar-refractivity contribution in [3.8, 4) is 5.69 Å². The van der Waals surface area contributed by atoms with Gasteiger partial charge >= 0.3 is 0 Å². The summed E-state index contributed by atoms with van der Waals surface area (Å²) in [6.07, 6.45) is 3.14. The van der Waals surface area contributed by atoms with Crippen molar-refractivity contribution in [2.45, 2.75) is 32.1 Å². The molecule has 19 heavy (non-hydrogen) atoms. The largest absolute Gasteiger partial charge is 0.330 e. The second kappa shape index (κ2) is 4.94. The van der Waals surface area contributed by atoms with E-state index in [-0.39, 0.29) is 0 Å². The van der Waals surface area contributed by atoms with Gasteiger partial charge in [0.1, 0.15) is 5.82 Å². The van der Waals surface area contributed by atoms with Crippen LogP contribution < -0.4 is 5.73 Å². The fourth-order valence-corrected chi connectivity index (χ4v) is 2.44. The Morgan fingerprint density at radius 3 is 2.84 bits per heavy atom. The van der Waals surface area contributed by atoms with Crippen LogP contribution in [0.5, 0.6) is 0 Å². The first-order chi connectivity index (χ1) is 9.19. The van der Waals surface area contributed by atoms with Gasteiger partial charge in [0, 0.05) is 17.4 Å². The number of benzene rings is 1. The molecule has 2 aromatic rings. The van der Waals surface area contributed by atoms with Gasteiger partial charge in [-0.3, -0.25) is 0 Å². The average molecular weight is 277 g/mol. The van der Waals surface area contributed by atoms with E-state index in [1.165, 1.54) is 12.8 Å². The van der Waals surface area contributed by atoms with Gasteiger partial charge < -0.3 is 5.73 Å². The summed E-state index contributed by atoms with van der Waals surface area (Å²) < 4.78 is 1.92. The van der Waals surface area contributed by atoms with E-state index in [0.717, 1.165) is 34.3 Å². The van der Waals surface area contributed by atoms with Crippen molar-refractivity contribution in [3.05, 3.63) is 40.4 Å². The van der Waals surface area contributed by atoms with E-state index in [0.29, 0.717) is 12.5 Å². The molecular weight excluding hydrogens is 260 g/mol. The summed E-state index contributed by atoms with van der Waals surface area (Å²) in [5.41, 5.74) is 7.80. The molecule has 1 saturated carbocycles. The Morgan fingerprint density at radius 2 is 2.21 bits per heavy atom. The summed E-state index contributed by atoms with van der Waals surface area (Å²) in [7, 11) is 0. The van der Waals surface area contributed by atoms with Gasteiger partial charge in [0.05, 0.1) is 5.69 Å². The fraction of sp³-hybridized carbons (Fsp3) is 0.429. The minimum Gasteiger partial charge on any atom is -0.330 e. The van der Waals surface area contributed by atoms with E-state index in [1.807, 2.05) is 29.8 Å². The van der Waals surface area contributed by atoms with Crippen molar-refractivity contribution >= 4 is 11.6 Å². The van der Waals surface area contributed by atoms with Gasteiger partial charge in [-0.05, 0) is 50.1 Å². The van der Waals surface area contributed by atoms with Crippen molar-refractivity contribution < 1.29 is 0 Å². The van der Waals surface area contributed by atoms with Crippen LogP contribution in [-0.2, 0) is 6.42 Å². The third-order valence-corrected chi connectivity index (χ3v) is 3.62. The lowest BCUT2D eigenvalue weighted by Crippen LogP contribution is -2.10. The van der Waals surface area contributed by atoms with Crippen molar-refractivity contribution in [1.29, 1.82) is 0 Å². The number of halogens is 1. The molecule has 0 unspecified atom stereocenters. The second-order valence-electron chi connectivity index (χ2n) is 5.04. The molecule has 0 saturated heterocycles. The molecule has 0 amide bonds. The third kappa shape index (κ3) is 2.51. The summed E-state index contributed by atoms with van der Waals surface area (Å²) >= 11 is 6.01. The van der Waals surface area contributed by atoms with Crippen LogP contribution in [0.15, 0.2) is 18.2 Å². The molecular formula is C14H17ClN4. The highest BCUT2D eigenvalue weighted by atomic mass is 35.5. The molecule has 1 aliphatic carbocycles. The molecule has 1 heterocycles. The number of aryl methyl sites for hydroxylation is 1. The Labute approximate surface area is 117 Å². The van der Waals surface area contributed by atoms with Crippen molar-refractivity contribution in [3.63, 3.8) is 0 Å². The highest BCUT2D eigenvalue weighted by Crippen LogP contribution is 2.38. The van der Waals surface area contributed by atoms with Crippen LogP contribution in [0.2, 0.25) is 5.02 Å². The van der Waals surface area contributed by atoms with E-state index < -0.39 is 0 Å². The Kier molecular flexibility index (Phi) is 3.29.